The molecular weight excluding hydrogens is 322 g/mol. The molecule has 3 aliphatic heterocycles. The molecule has 0 saturated carbocycles. The summed E-state index contributed by atoms with van der Waals surface area (Å²) in [4.78, 5) is 15.6. The summed E-state index contributed by atoms with van der Waals surface area (Å²) in [6, 6.07) is 13.1. The highest BCUT2D eigenvalue weighted by Crippen LogP contribution is 2.31. The third kappa shape index (κ3) is 2.91. The average Bonchev–Trinajstić information content (AvgIpc) is 2.86. The van der Waals surface area contributed by atoms with Gasteiger partial charge in [-0.3, -0.25) is 9.69 Å². The van der Waals surface area contributed by atoms with Gasteiger partial charge in [-0.2, -0.15) is 0 Å². The minimum Gasteiger partial charge on any atom is -0.316 e. The van der Waals surface area contributed by atoms with Crippen LogP contribution in [0.2, 0.25) is 0 Å². The Morgan fingerprint density at radius 1 is 1.08 bits per heavy atom. The van der Waals surface area contributed by atoms with E-state index in [1.807, 2.05) is 0 Å². The Labute approximate surface area is 154 Å². The van der Waals surface area contributed by atoms with Crippen LogP contribution in [-0.4, -0.2) is 29.1 Å². The van der Waals surface area contributed by atoms with Gasteiger partial charge in [0.25, 0.3) is 5.56 Å². The number of pyridine rings is 1. The Morgan fingerprint density at radius 2 is 1.96 bits per heavy atom. The maximum absolute atomic E-state index is 13.2. The molecule has 2 aromatic rings. The number of aryl methyl sites for hydroxylation is 1. The van der Waals surface area contributed by atoms with Gasteiger partial charge in [-0.05, 0) is 55.5 Å². The molecular formula is C22H27N3O. The maximum Gasteiger partial charge on any atom is 0.255 e. The predicted molar refractivity (Wildman–Crippen MR) is 103 cm³/mol. The number of piperidine rings is 1. The number of hydrogen-bond donors (Lipinski definition) is 1. The van der Waals surface area contributed by atoms with Crippen LogP contribution in [0.15, 0.2) is 41.2 Å². The van der Waals surface area contributed by atoms with Gasteiger partial charge in [0, 0.05) is 43.4 Å². The minimum atomic E-state index is 0.247. The molecule has 136 valence electrons. The molecule has 0 amide bonds. The van der Waals surface area contributed by atoms with Crippen LogP contribution in [0.5, 0.6) is 0 Å². The molecule has 0 radical (unpaired) electrons. The summed E-state index contributed by atoms with van der Waals surface area (Å²) in [5.41, 5.74) is 5.34. The molecule has 0 spiro atoms. The summed E-state index contributed by atoms with van der Waals surface area (Å²) in [6.07, 6.45) is 3.54. The number of nitrogens with zero attached hydrogens (tertiary/aromatic N) is 2. The van der Waals surface area contributed by atoms with Gasteiger partial charge in [0.05, 0.1) is 0 Å². The van der Waals surface area contributed by atoms with E-state index in [1.54, 1.807) is 0 Å². The first-order valence-corrected chi connectivity index (χ1v) is 10.0. The lowest BCUT2D eigenvalue weighted by Crippen LogP contribution is -2.45. The van der Waals surface area contributed by atoms with E-state index in [2.05, 4.69) is 51.2 Å². The molecule has 1 aromatic heterocycles. The zero-order valence-electron chi connectivity index (χ0n) is 15.3. The molecule has 1 fully saturated rings. The van der Waals surface area contributed by atoms with Gasteiger partial charge in [0.2, 0.25) is 0 Å². The third-order valence-electron chi connectivity index (χ3n) is 6.41. The fourth-order valence-corrected chi connectivity index (χ4v) is 5.10. The van der Waals surface area contributed by atoms with E-state index in [-0.39, 0.29) is 5.56 Å². The highest BCUT2D eigenvalue weighted by atomic mass is 16.1. The first kappa shape index (κ1) is 16.3. The summed E-state index contributed by atoms with van der Waals surface area (Å²) < 4.78 is 2.08. The Hall–Kier alpha value is -1.91. The summed E-state index contributed by atoms with van der Waals surface area (Å²) in [5, 5.41) is 3.52. The Bertz CT molecular complexity index is 872. The molecule has 5 rings (SSSR count). The standard InChI is InChI=1S/C22H27N3O/c26-22-19(7-8-21-20-10-16(11-23-12-20)13-25(21)22)15-24-9-3-6-17-4-1-2-5-18(17)14-24/h1-2,4-5,7-8,16,20,23H,3,6,9-15H2/t16-,20+/m0/s1. The van der Waals surface area contributed by atoms with Crippen LogP contribution in [0, 0.1) is 5.92 Å². The number of hydrogen-bond acceptors (Lipinski definition) is 3. The first-order valence-electron chi connectivity index (χ1n) is 10.0. The molecule has 4 heterocycles. The maximum atomic E-state index is 13.2. The fourth-order valence-electron chi connectivity index (χ4n) is 5.10. The molecule has 1 aromatic carbocycles. The summed E-state index contributed by atoms with van der Waals surface area (Å²) >= 11 is 0. The van der Waals surface area contributed by atoms with Crippen LogP contribution in [0.25, 0.3) is 0 Å². The zero-order chi connectivity index (χ0) is 17.5. The van der Waals surface area contributed by atoms with Gasteiger partial charge in [-0.15, -0.1) is 0 Å². The van der Waals surface area contributed by atoms with E-state index in [1.165, 1.54) is 29.7 Å². The van der Waals surface area contributed by atoms with Gasteiger partial charge in [-0.1, -0.05) is 30.3 Å². The van der Waals surface area contributed by atoms with Gasteiger partial charge in [-0.25, -0.2) is 0 Å². The molecule has 4 heteroatoms. The number of aromatic nitrogens is 1. The smallest absolute Gasteiger partial charge is 0.255 e. The molecule has 0 aliphatic carbocycles. The normalized spacial score (nSPS) is 25.2. The van der Waals surface area contributed by atoms with E-state index < -0.39 is 0 Å². The highest BCUT2D eigenvalue weighted by molar-refractivity contribution is 5.28. The Balaban J connectivity index is 1.41. The van der Waals surface area contributed by atoms with E-state index in [0.717, 1.165) is 51.3 Å². The Kier molecular flexibility index (Phi) is 4.18. The molecule has 1 N–H and O–H groups in total. The van der Waals surface area contributed by atoms with Crippen LogP contribution < -0.4 is 10.9 Å². The van der Waals surface area contributed by atoms with Crippen LogP contribution in [0.3, 0.4) is 0 Å². The van der Waals surface area contributed by atoms with Crippen LogP contribution in [-0.2, 0) is 26.1 Å². The average molecular weight is 349 g/mol. The first-order chi connectivity index (χ1) is 12.8. The second kappa shape index (κ2) is 6.67. The van der Waals surface area contributed by atoms with Gasteiger partial charge < -0.3 is 9.88 Å². The van der Waals surface area contributed by atoms with E-state index in [9.17, 15) is 4.79 Å². The lowest BCUT2D eigenvalue weighted by Gasteiger charge is -2.37. The molecule has 26 heavy (non-hydrogen) atoms. The van der Waals surface area contributed by atoms with Crippen LogP contribution in [0.1, 0.15) is 41.1 Å². The van der Waals surface area contributed by atoms with Crippen LogP contribution in [0.4, 0.5) is 0 Å². The van der Waals surface area contributed by atoms with Crippen molar-refractivity contribution in [1.82, 2.24) is 14.8 Å². The molecule has 3 aliphatic rings. The SMILES string of the molecule is O=c1c(CN2CCCc3ccccc3C2)ccc2n1C[C@@H]1CNC[C@H]2C1. The van der Waals surface area contributed by atoms with Crippen molar-refractivity contribution in [2.24, 2.45) is 5.92 Å². The lowest BCUT2D eigenvalue weighted by atomic mass is 9.84. The Morgan fingerprint density at radius 3 is 2.88 bits per heavy atom. The van der Waals surface area contributed by atoms with E-state index in [4.69, 9.17) is 0 Å². The quantitative estimate of drug-likeness (QED) is 0.905. The van der Waals surface area contributed by atoms with Gasteiger partial charge >= 0.3 is 0 Å². The monoisotopic (exact) mass is 349 g/mol. The van der Waals surface area contributed by atoms with Gasteiger partial charge in [0.15, 0.2) is 0 Å². The van der Waals surface area contributed by atoms with Crippen molar-refractivity contribution in [2.75, 3.05) is 19.6 Å². The van der Waals surface area contributed by atoms with Crippen molar-refractivity contribution >= 4 is 0 Å². The van der Waals surface area contributed by atoms with Crippen molar-refractivity contribution in [2.45, 2.75) is 44.8 Å². The number of benzene rings is 1. The highest BCUT2D eigenvalue weighted by Gasteiger charge is 2.31. The second-order valence-electron chi connectivity index (χ2n) is 8.24. The minimum absolute atomic E-state index is 0.247. The molecule has 4 nitrogen and oxygen atoms in total. The molecule has 0 unspecified atom stereocenters. The van der Waals surface area contributed by atoms with E-state index in [0.29, 0.717) is 11.8 Å². The summed E-state index contributed by atoms with van der Waals surface area (Å²) in [7, 11) is 0. The van der Waals surface area contributed by atoms with Gasteiger partial charge in [0.1, 0.15) is 0 Å². The number of rotatable bonds is 2. The predicted octanol–water partition coefficient (Wildman–Crippen LogP) is 2.50. The van der Waals surface area contributed by atoms with E-state index >= 15 is 0 Å². The second-order valence-corrected chi connectivity index (χ2v) is 8.24. The van der Waals surface area contributed by atoms with Crippen molar-refractivity contribution in [3.63, 3.8) is 0 Å². The van der Waals surface area contributed by atoms with Crippen molar-refractivity contribution in [3.8, 4) is 0 Å². The lowest BCUT2D eigenvalue weighted by molar-refractivity contribution is 0.246. The van der Waals surface area contributed by atoms with Crippen molar-refractivity contribution < 1.29 is 0 Å². The summed E-state index contributed by atoms with van der Waals surface area (Å²) in [5.74, 6) is 1.12. The third-order valence-corrected chi connectivity index (χ3v) is 6.41. The molecule has 1 saturated heterocycles. The topological polar surface area (TPSA) is 37.3 Å². The summed E-state index contributed by atoms with van der Waals surface area (Å²) in [6.45, 7) is 5.72. The van der Waals surface area contributed by atoms with Crippen LogP contribution >= 0.6 is 0 Å². The number of nitrogens with one attached hydrogen (secondary N) is 1. The number of fused-ring (bicyclic) bond motifs is 5. The molecule has 2 atom stereocenters. The molecule has 2 bridgehead atoms. The van der Waals surface area contributed by atoms with Crippen molar-refractivity contribution in [1.29, 1.82) is 0 Å². The largest absolute Gasteiger partial charge is 0.316 e. The van der Waals surface area contributed by atoms with Crippen molar-refractivity contribution in [3.05, 3.63) is 69.1 Å². The zero-order valence-corrected chi connectivity index (χ0v) is 15.3. The fraction of sp³-hybridized carbons (Fsp3) is 0.500.